The number of rotatable bonds is 6. The average molecular weight is 402 g/mol. The Kier molecular flexibility index (Phi) is 6.77. The molecule has 2 amide bonds. The van der Waals surface area contributed by atoms with Gasteiger partial charge in [0, 0.05) is 19.0 Å². The van der Waals surface area contributed by atoms with Crippen molar-refractivity contribution in [1.82, 2.24) is 5.32 Å². The number of carbonyl (C=O) groups is 3. The molecular weight excluding hydrogens is 372 g/mol. The van der Waals surface area contributed by atoms with Crippen LogP contribution < -0.4 is 15.0 Å². The minimum atomic E-state index is -0.589. The van der Waals surface area contributed by atoms with Gasteiger partial charge in [0.2, 0.25) is 5.91 Å². The zero-order valence-electron chi connectivity index (χ0n) is 17.4. The van der Waals surface area contributed by atoms with Crippen molar-refractivity contribution in [3.8, 4) is 5.75 Å². The first kappa shape index (κ1) is 21.1. The van der Waals surface area contributed by atoms with Gasteiger partial charge < -0.3 is 19.7 Å². The van der Waals surface area contributed by atoms with E-state index in [4.69, 9.17) is 9.47 Å². The molecule has 1 aliphatic carbocycles. The largest absolute Gasteiger partial charge is 0.495 e. The van der Waals surface area contributed by atoms with Gasteiger partial charge in [-0.15, -0.1) is 0 Å². The minimum Gasteiger partial charge on any atom is -0.495 e. The Morgan fingerprint density at radius 1 is 1.24 bits per heavy atom. The molecule has 1 aromatic carbocycles. The first-order chi connectivity index (χ1) is 13.9. The van der Waals surface area contributed by atoms with Gasteiger partial charge in [-0.2, -0.15) is 0 Å². The fraction of sp³-hybridized carbons (Fsp3) is 0.591. The van der Waals surface area contributed by atoms with Crippen LogP contribution in [0.2, 0.25) is 0 Å². The predicted molar refractivity (Wildman–Crippen MR) is 109 cm³/mol. The molecule has 7 nitrogen and oxygen atoms in total. The van der Waals surface area contributed by atoms with E-state index in [1.807, 2.05) is 19.1 Å². The van der Waals surface area contributed by atoms with Crippen molar-refractivity contribution in [1.29, 1.82) is 0 Å². The number of anilines is 1. The number of methoxy groups -OCH3 is 1. The molecule has 2 aliphatic rings. The molecule has 1 saturated heterocycles. The first-order valence-electron chi connectivity index (χ1n) is 10.3. The summed E-state index contributed by atoms with van der Waals surface area (Å²) in [7, 11) is 1.55. The molecule has 0 spiro atoms. The number of amides is 2. The molecule has 0 radical (unpaired) electrons. The molecule has 29 heavy (non-hydrogen) atoms. The third-order valence-electron chi connectivity index (χ3n) is 5.89. The number of nitrogens with zero attached hydrogens (tertiary/aromatic N) is 1. The van der Waals surface area contributed by atoms with Crippen molar-refractivity contribution in [3.63, 3.8) is 0 Å². The van der Waals surface area contributed by atoms with E-state index in [9.17, 15) is 14.4 Å². The molecule has 3 rings (SSSR count). The Morgan fingerprint density at radius 3 is 2.72 bits per heavy atom. The molecule has 1 saturated carbocycles. The molecule has 0 unspecified atom stereocenters. The molecule has 0 aromatic heterocycles. The van der Waals surface area contributed by atoms with Gasteiger partial charge in [0.25, 0.3) is 5.91 Å². The van der Waals surface area contributed by atoms with Gasteiger partial charge in [-0.1, -0.05) is 25.8 Å². The summed E-state index contributed by atoms with van der Waals surface area (Å²) in [5.74, 6) is -0.518. The molecule has 1 heterocycles. The highest BCUT2D eigenvalue weighted by molar-refractivity contribution is 6.00. The summed E-state index contributed by atoms with van der Waals surface area (Å²) in [6.07, 6.45) is 4.44. The van der Waals surface area contributed by atoms with Crippen LogP contribution in [0.1, 0.15) is 44.6 Å². The highest BCUT2D eigenvalue weighted by Crippen LogP contribution is 2.34. The first-order valence-corrected chi connectivity index (χ1v) is 10.3. The van der Waals surface area contributed by atoms with E-state index in [0.717, 1.165) is 24.8 Å². The Bertz CT molecular complexity index is 778. The Morgan fingerprint density at radius 2 is 2.00 bits per heavy atom. The maximum absolute atomic E-state index is 12.5. The van der Waals surface area contributed by atoms with Crippen molar-refractivity contribution in [2.45, 2.75) is 52.0 Å². The van der Waals surface area contributed by atoms with E-state index in [1.54, 1.807) is 18.1 Å². The standard InChI is InChI=1S/C22H30N2O5/c1-14-8-9-19(28-3)18(10-14)24-12-16(11-21(24)26)22(27)29-13-20(25)23-17-7-5-4-6-15(17)2/h8-10,15-17H,4-7,11-13H2,1-3H3,(H,23,25)/t15-,16-,17-/m0/s1. The lowest BCUT2D eigenvalue weighted by atomic mass is 9.86. The van der Waals surface area contributed by atoms with Crippen molar-refractivity contribution >= 4 is 23.5 Å². The predicted octanol–water partition coefficient (Wildman–Crippen LogP) is 2.59. The highest BCUT2D eigenvalue weighted by atomic mass is 16.5. The van der Waals surface area contributed by atoms with Crippen LogP contribution in [0.5, 0.6) is 5.75 Å². The van der Waals surface area contributed by atoms with E-state index in [0.29, 0.717) is 17.4 Å². The third kappa shape index (κ3) is 5.08. The fourth-order valence-corrected chi connectivity index (χ4v) is 4.14. The van der Waals surface area contributed by atoms with Crippen LogP contribution in [0.15, 0.2) is 18.2 Å². The van der Waals surface area contributed by atoms with Crippen LogP contribution in [0.3, 0.4) is 0 Å². The van der Waals surface area contributed by atoms with Crippen LogP contribution in [0.25, 0.3) is 0 Å². The number of hydrogen-bond acceptors (Lipinski definition) is 5. The Labute approximate surface area is 171 Å². The number of esters is 1. The molecule has 0 bridgehead atoms. The van der Waals surface area contributed by atoms with Crippen molar-refractivity contribution < 1.29 is 23.9 Å². The molecule has 158 valence electrons. The Hall–Kier alpha value is -2.57. The molecular formula is C22H30N2O5. The van der Waals surface area contributed by atoms with Gasteiger partial charge in [-0.3, -0.25) is 14.4 Å². The molecule has 3 atom stereocenters. The lowest BCUT2D eigenvalue weighted by Gasteiger charge is -2.29. The van der Waals surface area contributed by atoms with Crippen LogP contribution >= 0.6 is 0 Å². The minimum absolute atomic E-state index is 0.0667. The van der Waals surface area contributed by atoms with Crippen molar-refractivity contribution in [2.75, 3.05) is 25.2 Å². The highest BCUT2D eigenvalue weighted by Gasteiger charge is 2.37. The van der Waals surface area contributed by atoms with Gasteiger partial charge in [0.05, 0.1) is 18.7 Å². The normalized spacial score (nSPS) is 24.3. The average Bonchev–Trinajstić information content (AvgIpc) is 3.09. The number of ether oxygens (including phenoxy) is 2. The quantitative estimate of drug-likeness (QED) is 0.740. The second-order valence-electron chi connectivity index (χ2n) is 8.12. The number of benzene rings is 1. The molecule has 2 fully saturated rings. The van der Waals surface area contributed by atoms with Crippen LogP contribution in [0, 0.1) is 18.8 Å². The number of carbonyl (C=O) groups excluding carboxylic acids is 3. The van der Waals surface area contributed by atoms with E-state index >= 15 is 0 Å². The van der Waals surface area contributed by atoms with Crippen LogP contribution in [-0.4, -0.2) is 44.1 Å². The zero-order valence-corrected chi connectivity index (χ0v) is 17.4. The lowest BCUT2D eigenvalue weighted by Crippen LogP contribution is -2.43. The summed E-state index contributed by atoms with van der Waals surface area (Å²) < 4.78 is 10.6. The van der Waals surface area contributed by atoms with E-state index < -0.39 is 11.9 Å². The van der Waals surface area contributed by atoms with E-state index in [2.05, 4.69) is 12.2 Å². The number of aryl methyl sites for hydroxylation is 1. The molecule has 1 aromatic rings. The van der Waals surface area contributed by atoms with Crippen LogP contribution in [0.4, 0.5) is 5.69 Å². The monoisotopic (exact) mass is 402 g/mol. The summed E-state index contributed by atoms with van der Waals surface area (Å²) >= 11 is 0. The maximum Gasteiger partial charge on any atom is 0.311 e. The molecule has 1 N–H and O–H groups in total. The lowest BCUT2D eigenvalue weighted by molar-refractivity contribution is -0.152. The van der Waals surface area contributed by atoms with Gasteiger partial charge in [0.1, 0.15) is 5.75 Å². The van der Waals surface area contributed by atoms with Gasteiger partial charge in [-0.05, 0) is 43.4 Å². The second kappa shape index (κ2) is 9.29. The van der Waals surface area contributed by atoms with E-state index in [1.165, 1.54) is 6.42 Å². The van der Waals surface area contributed by atoms with Crippen molar-refractivity contribution in [2.24, 2.45) is 11.8 Å². The van der Waals surface area contributed by atoms with Gasteiger partial charge in [0.15, 0.2) is 6.61 Å². The van der Waals surface area contributed by atoms with Crippen molar-refractivity contribution in [3.05, 3.63) is 23.8 Å². The summed E-state index contributed by atoms with van der Waals surface area (Å²) in [5.41, 5.74) is 1.64. The topological polar surface area (TPSA) is 84.9 Å². The van der Waals surface area contributed by atoms with Gasteiger partial charge in [-0.25, -0.2) is 0 Å². The fourth-order valence-electron chi connectivity index (χ4n) is 4.14. The third-order valence-corrected chi connectivity index (χ3v) is 5.89. The summed E-state index contributed by atoms with van der Waals surface area (Å²) in [6.45, 7) is 3.98. The zero-order chi connectivity index (χ0) is 21.0. The van der Waals surface area contributed by atoms with E-state index in [-0.39, 0.29) is 37.4 Å². The van der Waals surface area contributed by atoms with Gasteiger partial charge >= 0.3 is 5.97 Å². The SMILES string of the molecule is COc1ccc(C)cc1N1C[C@@H](C(=O)OCC(=O)N[C@H]2CCCC[C@@H]2C)CC1=O. The summed E-state index contributed by atoms with van der Waals surface area (Å²) in [4.78, 5) is 38.6. The number of nitrogens with one attached hydrogen (secondary N) is 1. The molecule has 1 aliphatic heterocycles. The number of hydrogen-bond donors (Lipinski definition) is 1. The second-order valence-corrected chi connectivity index (χ2v) is 8.12. The Balaban J connectivity index is 1.54. The maximum atomic E-state index is 12.5. The smallest absolute Gasteiger partial charge is 0.311 e. The summed E-state index contributed by atoms with van der Waals surface area (Å²) in [6, 6.07) is 5.72. The molecule has 7 heteroatoms. The summed E-state index contributed by atoms with van der Waals surface area (Å²) in [5, 5.41) is 2.97. The van der Waals surface area contributed by atoms with Crippen LogP contribution in [-0.2, 0) is 19.1 Å².